The molecule has 0 fully saturated rings. The molecule has 1 nitrogen and oxygen atoms in total. The Morgan fingerprint density at radius 3 is 1.66 bits per heavy atom. The van der Waals surface area contributed by atoms with Crippen molar-refractivity contribution in [2.75, 3.05) is 0 Å². The Morgan fingerprint density at radius 2 is 1.11 bits per heavy atom. The fourth-order valence-corrected chi connectivity index (χ4v) is 5.82. The normalized spacial score (nSPS) is 12.5. The zero-order chi connectivity index (χ0) is 25.1. The van der Waals surface area contributed by atoms with E-state index in [1.807, 2.05) is 0 Å². The number of unbranched alkanes of at least 4 members (excludes halogenated alkanes) is 14. The third-order valence-corrected chi connectivity index (χ3v) is 7.80. The van der Waals surface area contributed by atoms with Crippen molar-refractivity contribution in [3.05, 3.63) is 47.0 Å². The van der Waals surface area contributed by atoms with Crippen LogP contribution in [0.3, 0.4) is 0 Å². The van der Waals surface area contributed by atoms with Crippen molar-refractivity contribution in [2.45, 2.75) is 155 Å². The van der Waals surface area contributed by atoms with Crippen LogP contribution in [0.1, 0.15) is 159 Å². The minimum absolute atomic E-state index is 0.167. The summed E-state index contributed by atoms with van der Waals surface area (Å²) in [5.74, 6) is 0. The molecule has 2 aromatic rings. The summed E-state index contributed by atoms with van der Waals surface area (Å²) in [5, 5.41) is 2.77. The smallest absolute Gasteiger partial charge is 0.0303 e. The van der Waals surface area contributed by atoms with Crippen LogP contribution in [-0.4, -0.2) is 0 Å². The summed E-state index contributed by atoms with van der Waals surface area (Å²) in [5.41, 5.74) is 11.5. The maximum Gasteiger partial charge on any atom is 0.0303 e. The van der Waals surface area contributed by atoms with Gasteiger partial charge in [0.1, 0.15) is 0 Å². The Morgan fingerprint density at radius 1 is 0.600 bits per heavy atom. The van der Waals surface area contributed by atoms with Gasteiger partial charge in [-0.1, -0.05) is 160 Å². The summed E-state index contributed by atoms with van der Waals surface area (Å²) < 4.78 is 0. The topological polar surface area (TPSA) is 26.0 Å². The molecule has 1 heteroatoms. The first-order chi connectivity index (χ1) is 17.2. The molecule has 0 saturated carbocycles. The van der Waals surface area contributed by atoms with E-state index in [1.165, 1.54) is 137 Å². The molecule has 0 saturated heterocycles. The first kappa shape index (κ1) is 29.9. The maximum atomic E-state index is 6.91. The number of aryl methyl sites for hydroxylation is 1. The van der Waals surface area contributed by atoms with Crippen LogP contribution in [0.15, 0.2) is 30.3 Å². The molecule has 35 heavy (non-hydrogen) atoms. The third kappa shape index (κ3) is 11.1. The molecule has 0 aliphatic heterocycles. The molecule has 1 unspecified atom stereocenters. The van der Waals surface area contributed by atoms with E-state index in [9.17, 15) is 0 Å². The molecular weight excluding hydrogens is 422 g/mol. The fraction of sp³-hybridized carbons (Fsp3) is 0.706. The predicted molar refractivity (Wildman–Crippen MR) is 158 cm³/mol. The van der Waals surface area contributed by atoms with Crippen molar-refractivity contribution in [1.29, 1.82) is 0 Å². The second-order valence-electron chi connectivity index (χ2n) is 11.0. The largest absolute Gasteiger partial charge is 0.324 e. The summed E-state index contributed by atoms with van der Waals surface area (Å²) in [4.78, 5) is 0. The Kier molecular flexibility index (Phi) is 16.1. The monoisotopic (exact) mass is 479 g/mol. The first-order valence-corrected chi connectivity index (χ1v) is 15.5. The maximum absolute atomic E-state index is 6.91. The highest BCUT2D eigenvalue weighted by Crippen LogP contribution is 2.34. The molecular formula is C34H57N. The SMILES string of the molecule is CCCCCCCCCCCCCCCCCC(N)c1c(CCC)c(CCC)cc2ccccc12. The van der Waals surface area contributed by atoms with Crippen LogP contribution in [0.4, 0.5) is 0 Å². The van der Waals surface area contributed by atoms with Crippen molar-refractivity contribution in [2.24, 2.45) is 5.73 Å². The van der Waals surface area contributed by atoms with E-state index in [1.54, 1.807) is 5.56 Å². The number of fused-ring (bicyclic) bond motifs is 1. The molecule has 1 atom stereocenters. The van der Waals surface area contributed by atoms with Crippen molar-refractivity contribution in [3.63, 3.8) is 0 Å². The average molecular weight is 480 g/mol. The van der Waals surface area contributed by atoms with Gasteiger partial charge in [0.2, 0.25) is 0 Å². The Bertz CT molecular complexity index is 793. The van der Waals surface area contributed by atoms with Gasteiger partial charge in [-0.05, 0) is 46.7 Å². The zero-order valence-corrected chi connectivity index (χ0v) is 23.7. The molecule has 2 rings (SSSR count). The molecule has 0 spiro atoms. The molecule has 2 N–H and O–H groups in total. The first-order valence-electron chi connectivity index (χ1n) is 15.5. The highest BCUT2D eigenvalue weighted by molar-refractivity contribution is 5.88. The van der Waals surface area contributed by atoms with E-state index < -0.39 is 0 Å². The molecule has 0 aromatic heterocycles. The quantitative estimate of drug-likeness (QED) is 0.177. The minimum Gasteiger partial charge on any atom is -0.324 e. The average Bonchev–Trinajstić information content (AvgIpc) is 2.86. The Labute approximate surface area is 218 Å². The summed E-state index contributed by atoms with van der Waals surface area (Å²) in [6.45, 7) is 6.89. The molecule has 0 radical (unpaired) electrons. The second-order valence-corrected chi connectivity index (χ2v) is 11.0. The Balaban J connectivity index is 1.69. The van der Waals surface area contributed by atoms with E-state index in [2.05, 4.69) is 51.1 Å². The number of hydrogen-bond donors (Lipinski definition) is 1. The lowest BCUT2D eigenvalue weighted by atomic mass is 9.85. The highest BCUT2D eigenvalue weighted by atomic mass is 14.6. The molecule has 0 bridgehead atoms. The molecule has 198 valence electrons. The lowest BCUT2D eigenvalue weighted by Crippen LogP contribution is -2.15. The van der Waals surface area contributed by atoms with Gasteiger partial charge >= 0.3 is 0 Å². The van der Waals surface area contributed by atoms with E-state index in [4.69, 9.17) is 5.73 Å². The van der Waals surface area contributed by atoms with Crippen LogP contribution in [-0.2, 0) is 12.8 Å². The molecule has 2 aromatic carbocycles. The predicted octanol–water partition coefficient (Wildman–Crippen LogP) is 11.0. The number of nitrogens with two attached hydrogens (primary N) is 1. The van der Waals surface area contributed by atoms with Gasteiger partial charge in [-0.25, -0.2) is 0 Å². The second kappa shape index (κ2) is 18.9. The van der Waals surface area contributed by atoms with Crippen LogP contribution in [0.25, 0.3) is 10.8 Å². The van der Waals surface area contributed by atoms with Gasteiger partial charge in [0.25, 0.3) is 0 Å². The van der Waals surface area contributed by atoms with Gasteiger partial charge in [0.05, 0.1) is 0 Å². The summed E-state index contributed by atoms with van der Waals surface area (Å²) in [7, 11) is 0. The summed E-state index contributed by atoms with van der Waals surface area (Å²) in [6, 6.07) is 11.5. The number of rotatable bonds is 21. The molecule has 0 aliphatic rings. The van der Waals surface area contributed by atoms with Gasteiger partial charge < -0.3 is 5.73 Å². The van der Waals surface area contributed by atoms with Gasteiger partial charge in [-0.2, -0.15) is 0 Å². The molecule has 0 amide bonds. The fourth-order valence-electron chi connectivity index (χ4n) is 5.82. The van der Waals surface area contributed by atoms with Crippen LogP contribution in [0.5, 0.6) is 0 Å². The van der Waals surface area contributed by atoms with E-state index in [0.717, 1.165) is 12.8 Å². The van der Waals surface area contributed by atoms with Gasteiger partial charge in [-0.3, -0.25) is 0 Å². The van der Waals surface area contributed by atoms with Gasteiger partial charge in [0, 0.05) is 6.04 Å². The Hall–Kier alpha value is -1.34. The van der Waals surface area contributed by atoms with Crippen LogP contribution in [0.2, 0.25) is 0 Å². The third-order valence-electron chi connectivity index (χ3n) is 7.80. The number of benzene rings is 2. The van der Waals surface area contributed by atoms with Gasteiger partial charge in [0.15, 0.2) is 0 Å². The molecule has 0 heterocycles. The molecule has 0 aliphatic carbocycles. The lowest BCUT2D eigenvalue weighted by molar-refractivity contribution is 0.519. The van der Waals surface area contributed by atoms with E-state index >= 15 is 0 Å². The number of hydrogen-bond acceptors (Lipinski definition) is 1. The van der Waals surface area contributed by atoms with Crippen LogP contribution in [0, 0.1) is 0 Å². The van der Waals surface area contributed by atoms with Crippen LogP contribution >= 0.6 is 0 Å². The summed E-state index contributed by atoms with van der Waals surface area (Å²) in [6.07, 6.45) is 27.0. The van der Waals surface area contributed by atoms with E-state index in [-0.39, 0.29) is 6.04 Å². The van der Waals surface area contributed by atoms with Crippen molar-refractivity contribution in [3.8, 4) is 0 Å². The van der Waals surface area contributed by atoms with Gasteiger partial charge in [-0.15, -0.1) is 0 Å². The highest BCUT2D eigenvalue weighted by Gasteiger charge is 2.18. The zero-order valence-electron chi connectivity index (χ0n) is 23.7. The van der Waals surface area contributed by atoms with E-state index in [0.29, 0.717) is 0 Å². The standard InChI is InChI=1S/C34H57N/c1-4-7-8-9-10-11-12-13-14-15-16-17-18-19-20-27-33(35)34-31(24-6-3)29(23-5-2)28-30-25-21-22-26-32(30)34/h21-22,25-26,28,33H,4-20,23-24,27,35H2,1-3H3. The van der Waals surface area contributed by atoms with Crippen LogP contribution < -0.4 is 5.73 Å². The lowest BCUT2D eigenvalue weighted by Gasteiger charge is -2.22. The van der Waals surface area contributed by atoms with Crippen molar-refractivity contribution in [1.82, 2.24) is 0 Å². The summed E-state index contributed by atoms with van der Waals surface area (Å²) >= 11 is 0. The van der Waals surface area contributed by atoms with Crippen molar-refractivity contribution >= 4 is 10.8 Å². The minimum atomic E-state index is 0.167. The van der Waals surface area contributed by atoms with Crippen molar-refractivity contribution < 1.29 is 0 Å².